The summed E-state index contributed by atoms with van der Waals surface area (Å²) in [5.74, 6) is -6.26. The van der Waals surface area contributed by atoms with Crippen molar-refractivity contribution in [1.29, 1.82) is 0 Å². The lowest BCUT2D eigenvalue weighted by atomic mass is 9.96. The van der Waals surface area contributed by atoms with Crippen LogP contribution in [0.3, 0.4) is 0 Å². The summed E-state index contributed by atoms with van der Waals surface area (Å²) >= 11 is 0. The Morgan fingerprint density at radius 3 is 2.26 bits per heavy atom. The van der Waals surface area contributed by atoms with Gasteiger partial charge in [-0.1, -0.05) is 12.1 Å². The smallest absolute Gasteiger partial charge is 0.254 e. The summed E-state index contributed by atoms with van der Waals surface area (Å²) in [5.41, 5.74) is -1.91. The van der Waals surface area contributed by atoms with E-state index in [0.717, 1.165) is 18.2 Å². The second-order valence-corrected chi connectivity index (χ2v) is 5.19. The van der Waals surface area contributed by atoms with Gasteiger partial charge in [-0.2, -0.15) is 0 Å². The fourth-order valence-electron chi connectivity index (χ4n) is 1.96. The van der Waals surface area contributed by atoms with Crippen molar-refractivity contribution in [3.8, 4) is 0 Å². The minimum absolute atomic E-state index is 0.324. The lowest BCUT2D eigenvalue weighted by Crippen LogP contribution is -2.39. The van der Waals surface area contributed by atoms with Gasteiger partial charge in [-0.05, 0) is 36.8 Å². The Morgan fingerprint density at radius 2 is 1.65 bits per heavy atom. The van der Waals surface area contributed by atoms with Crippen LogP contribution < -0.4 is 5.32 Å². The summed E-state index contributed by atoms with van der Waals surface area (Å²) in [6.45, 7) is 1.03. The lowest BCUT2D eigenvalue weighted by Gasteiger charge is -2.24. The molecule has 2 rings (SSSR count). The van der Waals surface area contributed by atoms with Gasteiger partial charge >= 0.3 is 0 Å². The predicted octanol–water partition coefficient (Wildman–Crippen LogP) is 2.88. The van der Waals surface area contributed by atoms with Crippen molar-refractivity contribution in [1.82, 2.24) is 5.32 Å². The number of nitrogens with one attached hydrogen (secondary N) is 1. The van der Waals surface area contributed by atoms with Crippen LogP contribution in [0.4, 0.5) is 17.6 Å². The second-order valence-electron chi connectivity index (χ2n) is 5.19. The SMILES string of the molecule is CC(O)(CNC(=O)c1ccc(F)c(F)c1F)c1ccc(F)cc1. The third-order valence-corrected chi connectivity index (χ3v) is 3.34. The van der Waals surface area contributed by atoms with E-state index in [1.165, 1.54) is 19.1 Å². The maximum atomic E-state index is 13.5. The number of rotatable bonds is 4. The van der Waals surface area contributed by atoms with E-state index in [4.69, 9.17) is 0 Å². The molecule has 3 nitrogen and oxygen atoms in total. The van der Waals surface area contributed by atoms with Crippen LogP contribution in [0.15, 0.2) is 36.4 Å². The first-order chi connectivity index (χ1) is 10.7. The molecule has 0 bridgehead atoms. The van der Waals surface area contributed by atoms with Crippen molar-refractivity contribution in [3.05, 3.63) is 70.8 Å². The third kappa shape index (κ3) is 3.68. The molecule has 2 N–H and O–H groups in total. The number of benzene rings is 2. The van der Waals surface area contributed by atoms with Gasteiger partial charge in [0.25, 0.3) is 5.91 Å². The van der Waals surface area contributed by atoms with Gasteiger partial charge in [0.15, 0.2) is 17.5 Å². The maximum absolute atomic E-state index is 13.5. The Bertz CT molecular complexity index is 730. The monoisotopic (exact) mass is 327 g/mol. The molecule has 0 spiro atoms. The predicted molar refractivity (Wildman–Crippen MR) is 74.6 cm³/mol. The van der Waals surface area contributed by atoms with Crippen molar-refractivity contribution < 1.29 is 27.5 Å². The van der Waals surface area contributed by atoms with E-state index in [9.17, 15) is 27.5 Å². The zero-order chi connectivity index (χ0) is 17.2. The molecule has 2 aromatic rings. The first kappa shape index (κ1) is 17.0. The van der Waals surface area contributed by atoms with Gasteiger partial charge in [-0.3, -0.25) is 4.79 Å². The van der Waals surface area contributed by atoms with Gasteiger partial charge in [0.05, 0.1) is 12.1 Å². The number of hydrogen-bond acceptors (Lipinski definition) is 2. The van der Waals surface area contributed by atoms with E-state index in [0.29, 0.717) is 11.6 Å². The van der Waals surface area contributed by atoms with Crippen LogP contribution in [0.25, 0.3) is 0 Å². The van der Waals surface area contributed by atoms with Crippen LogP contribution in [0.2, 0.25) is 0 Å². The van der Waals surface area contributed by atoms with Gasteiger partial charge in [0.2, 0.25) is 0 Å². The Morgan fingerprint density at radius 1 is 1.04 bits per heavy atom. The lowest BCUT2D eigenvalue weighted by molar-refractivity contribution is 0.0524. The molecule has 0 saturated carbocycles. The van der Waals surface area contributed by atoms with E-state index in [-0.39, 0.29) is 6.54 Å². The van der Waals surface area contributed by atoms with Crippen molar-refractivity contribution in [2.24, 2.45) is 0 Å². The molecule has 0 aliphatic heterocycles. The summed E-state index contributed by atoms with van der Waals surface area (Å²) in [5, 5.41) is 12.5. The number of amides is 1. The minimum Gasteiger partial charge on any atom is -0.384 e. The van der Waals surface area contributed by atoms with E-state index >= 15 is 0 Å². The van der Waals surface area contributed by atoms with Crippen LogP contribution in [-0.2, 0) is 5.60 Å². The number of carbonyl (C=O) groups excluding carboxylic acids is 1. The van der Waals surface area contributed by atoms with Gasteiger partial charge < -0.3 is 10.4 Å². The van der Waals surface area contributed by atoms with E-state index < -0.39 is 40.3 Å². The Hall–Kier alpha value is -2.41. The first-order valence-electron chi connectivity index (χ1n) is 6.62. The van der Waals surface area contributed by atoms with Crippen LogP contribution >= 0.6 is 0 Å². The Kier molecular flexibility index (Phi) is 4.70. The third-order valence-electron chi connectivity index (χ3n) is 3.34. The molecule has 0 aromatic heterocycles. The van der Waals surface area contributed by atoms with Crippen LogP contribution in [-0.4, -0.2) is 17.6 Å². The number of hydrogen-bond donors (Lipinski definition) is 2. The highest BCUT2D eigenvalue weighted by atomic mass is 19.2. The highest BCUT2D eigenvalue weighted by molar-refractivity contribution is 5.94. The number of aliphatic hydroxyl groups is 1. The molecule has 1 atom stereocenters. The quantitative estimate of drug-likeness (QED) is 0.670. The van der Waals surface area contributed by atoms with Crippen LogP contribution in [0, 0.1) is 23.3 Å². The molecule has 2 aromatic carbocycles. The Balaban J connectivity index is 2.12. The van der Waals surface area contributed by atoms with E-state index in [1.54, 1.807) is 0 Å². The highest BCUT2D eigenvalue weighted by Gasteiger charge is 2.25. The number of halogens is 4. The molecule has 122 valence electrons. The average Bonchev–Trinajstić information content (AvgIpc) is 2.51. The van der Waals surface area contributed by atoms with E-state index in [2.05, 4.69) is 5.32 Å². The molecule has 0 heterocycles. The van der Waals surface area contributed by atoms with Gasteiger partial charge in [-0.25, -0.2) is 17.6 Å². The van der Waals surface area contributed by atoms with Gasteiger partial charge in [-0.15, -0.1) is 0 Å². The Labute approximate surface area is 129 Å². The molecule has 1 amide bonds. The van der Waals surface area contributed by atoms with Crippen molar-refractivity contribution in [2.45, 2.75) is 12.5 Å². The normalized spacial score (nSPS) is 13.5. The van der Waals surface area contributed by atoms with Crippen molar-refractivity contribution in [3.63, 3.8) is 0 Å². The fraction of sp³-hybridized carbons (Fsp3) is 0.188. The van der Waals surface area contributed by atoms with Crippen LogP contribution in [0.5, 0.6) is 0 Å². The topological polar surface area (TPSA) is 49.3 Å². The largest absolute Gasteiger partial charge is 0.384 e. The van der Waals surface area contributed by atoms with Crippen LogP contribution in [0.1, 0.15) is 22.8 Å². The molecule has 0 aliphatic carbocycles. The zero-order valence-corrected chi connectivity index (χ0v) is 12.0. The molecule has 0 aliphatic rings. The maximum Gasteiger partial charge on any atom is 0.254 e. The zero-order valence-electron chi connectivity index (χ0n) is 12.0. The summed E-state index contributed by atoms with van der Waals surface area (Å²) in [6.07, 6.45) is 0. The fourth-order valence-corrected chi connectivity index (χ4v) is 1.96. The molecular weight excluding hydrogens is 314 g/mol. The molecule has 1 unspecified atom stereocenters. The molecular formula is C16H13F4NO2. The molecule has 7 heteroatoms. The van der Waals surface area contributed by atoms with Crippen molar-refractivity contribution in [2.75, 3.05) is 6.54 Å². The first-order valence-corrected chi connectivity index (χ1v) is 6.62. The number of carbonyl (C=O) groups is 1. The second kappa shape index (κ2) is 6.37. The van der Waals surface area contributed by atoms with E-state index in [1.807, 2.05) is 0 Å². The average molecular weight is 327 g/mol. The molecule has 23 heavy (non-hydrogen) atoms. The highest BCUT2D eigenvalue weighted by Crippen LogP contribution is 2.20. The summed E-state index contributed by atoms with van der Waals surface area (Å²) < 4.78 is 52.3. The van der Waals surface area contributed by atoms with Gasteiger partial charge in [0, 0.05) is 0 Å². The standard InChI is InChI=1S/C16H13F4NO2/c1-16(23,9-2-4-10(17)5-3-9)8-21-15(22)11-6-7-12(18)14(20)13(11)19/h2-7,23H,8H2,1H3,(H,21,22). The summed E-state index contributed by atoms with van der Waals surface area (Å²) in [6, 6.07) is 6.38. The molecule has 0 saturated heterocycles. The minimum atomic E-state index is -1.75. The summed E-state index contributed by atoms with van der Waals surface area (Å²) in [7, 11) is 0. The summed E-state index contributed by atoms with van der Waals surface area (Å²) in [4.78, 5) is 11.8. The van der Waals surface area contributed by atoms with Crippen molar-refractivity contribution >= 4 is 5.91 Å². The van der Waals surface area contributed by atoms with Gasteiger partial charge in [0.1, 0.15) is 11.4 Å². The molecule has 0 radical (unpaired) electrons. The molecule has 0 fully saturated rings.